The van der Waals surface area contributed by atoms with E-state index in [0.29, 0.717) is 11.0 Å². The van der Waals surface area contributed by atoms with Crippen molar-refractivity contribution in [2.75, 3.05) is 17.7 Å². The van der Waals surface area contributed by atoms with Crippen LogP contribution in [0.4, 0.5) is 11.9 Å². The van der Waals surface area contributed by atoms with E-state index < -0.39 is 0 Å². The number of anilines is 2. The minimum Gasteiger partial charge on any atom is -0.497 e. The lowest BCUT2D eigenvalue weighted by atomic mass is 9.93. The second kappa shape index (κ2) is 10.0. The van der Waals surface area contributed by atoms with Crippen LogP contribution in [0.5, 0.6) is 5.75 Å². The summed E-state index contributed by atoms with van der Waals surface area (Å²) in [7, 11) is 1.62. The second-order valence-corrected chi connectivity index (χ2v) is 8.65. The van der Waals surface area contributed by atoms with Crippen LogP contribution in [0.3, 0.4) is 0 Å². The lowest BCUT2D eigenvalue weighted by Crippen LogP contribution is -2.28. The van der Waals surface area contributed by atoms with E-state index in [2.05, 4.69) is 32.8 Å². The van der Waals surface area contributed by atoms with Crippen LogP contribution in [-0.4, -0.2) is 27.8 Å². The van der Waals surface area contributed by atoms with Gasteiger partial charge in [0, 0.05) is 11.1 Å². The molecule has 0 radical (unpaired) electrons. The average Bonchev–Trinajstić information content (AvgIpc) is 3.30. The van der Waals surface area contributed by atoms with Gasteiger partial charge in [-0.2, -0.15) is 4.98 Å². The lowest BCUT2D eigenvalue weighted by molar-refractivity contribution is -0.111. The molecule has 176 valence electrons. The fourth-order valence-electron chi connectivity index (χ4n) is 4.14. The van der Waals surface area contributed by atoms with E-state index in [0.717, 1.165) is 28.9 Å². The third-order valence-electron chi connectivity index (χ3n) is 5.92. The Morgan fingerprint density at radius 1 is 1.06 bits per heavy atom. The number of carbonyl (C=O) groups excluding carboxylic acids is 1. The van der Waals surface area contributed by atoms with Crippen molar-refractivity contribution in [2.45, 2.75) is 18.5 Å². The van der Waals surface area contributed by atoms with Gasteiger partial charge in [0.15, 0.2) is 0 Å². The molecule has 1 aromatic heterocycles. The van der Waals surface area contributed by atoms with Crippen molar-refractivity contribution >= 4 is 35.5 Å². The Hall–Kier alpha value is -4.10. The first-order valence-electron chi connectivity index (χ1n) is 11.3. The van der Waals surface area contributed by atoms with Crippen LogP contribution in [-0.2, 0) is 4.79 Å². The van der Waals surface area contributed by atoms with Gasteiger partial charge in [-0.3, -0.25) is 10.1 Å². The Labute approximate surface area is 208 Å². The number of halogens is 1. The van der Waals surface area contributed by atoms with Crippen LogP contribution in [0.15, 0.2) is 84.9 Å². The molecule has 2 atom stereocenters. The zero-order chi connectivity index (χ0) is 24.2. The number of benzene rings is 3. The summed E-state index contributed by atoms with van der Waals surface area (Å²) in [5.41, 5.74) is 3.11. The molecule has 7 nitrogen and oxygen atoms in total. The summed E-state index contributed by atoms with van der Waals surface area (Å²) < 4.78 is 6.99. The molecule has 2 N–H and O–H groups in total. The van der Waals surface area contributed by atoms with Gasteiger partial charge in [0.05, 0.1) is 19.2 Å². The number of hydrogen-bond acceptors (Lipinski definition) is 5. The Morgan fingerprint density at radius 3 is 2.51 bits per heavy atom. The quantitative estimate of drug-likeness (QED) is 0.340. The van der Waals surface area contributed by atoms with E-state index in [1.165, 1.54) is 6.08 Å². The molecule has 0 unspecified atom stereocenters. The molecule has 0 spiro atoms. The molecule has 0 aliphatic carbocycles. The number of amides is 1. The number of nitrogens with zero attached hydrogens (tertiary/aromatic N) is 3. The number of hydrogen-bond donors (Lipinski definition) is 2. The molecule has 2 heterocycles. The zero-order valence-corrected chi connectivity index (χ0v) is 19.8. The van der Waals surface area contributed by atoms with Gasteiger partial charge in [-0.15, -0.1) is 5.10 Å². The van der Waals surface area contributed by atoms with E-state index in [4.69, 9.17) is 16.3 Å². The number of rotatable bonds is 6. The van der Waals surface area contributed by atoms with Crippen molar-refractivity contribution in [1.29, 1.82) is 0 Å². The van der Waals surface area contributed by atoms with E-state index in [-0.39, 0.29) is 23.9 Å². The first-order valence-corrected chi connectivity index (χ1v) is 11.6. The number of aromatic nitrogens is 3. The summed E-state index contributed by atoms with van der Waals surface area (Å²) in [5, 5.41) is 11.5. The van der Waals surface area contributed by atoms with Crippen molar-refractivity contribution in [3.63, 3.8) is 0 Å². The maximum absolute atomic E-state index is 12.5. The first-order chi connectivity index (χ1) is 17.1. The minimum absolute atomic E-state index is 0.0482. The average molecular weight is 486 g/mol. The number of ether oxygens (including phenoxy) is 1. The summed E-state index contributed by atoms with van der Waals surface area (Å²) >= 11 is 6.12. The molecule has 5 rings (SSSR count). The Balaban J connectivity index is 1.38. The van der Waals surface area contributed by atoms with Gasteiger partial charge in [-0.05, 0) is 53.5 Å². The molecule has 1 amide bonds. The van der Waals surface area contributed by atoms with Crippen molar-refractivity contribution < 1.29 is 9.53 Å². The molecule has 0 bridgehead atoms. The predicted octanol–water partition coefficient (Wildman–Crippen LogP) is 5.74. The van der Waals surface area contributed by atoms with E-state index in [1.807, 2.05) is 71.4 Å². The van der Waals surface area contributed by atoms with Crippen LogP contribution >= 0.6 is 11.6 Å². The molecular weight excluding hydrogens is 462 g/mol. The molecule has 35 heavy (non-hydrogen) atoms. The topological polar surface area (TPSA) is 81.1 Å². The predicted molar refractivity (Wildman–Crippen MR) is 138 cm³/mol. The fourth-order valence-corrected chi connectivity index (χ4v) is 4.26. The van der Waals surface area contributed by atoms with Crippen molar-refractivity contribution in [3.05, 3.63) is 107 Å². The van der Waals surface area contributed by atoms with E-state index >= 15 is 0 Å². The highest BCUT2D eigenvalue weighted by molar-refractivity contribution is 6.30. The first kappa shape index (κ1) is 22.7. The van der Waals surface area contributed by atoms with Gasteiger partial charge in [-0.25, -0.2) is 4.68 Å². The van der Waals surface area contributed by atoms with Crippen molar-refractivity contribution in [2.24, 2.45) is 0 Å². The third-order valence-corrected chi connectivity index (χ3v) is 6.18. The summed E-state index contributed by atoms with van der Waals surface area (Å²) in [5.74, 6) is 1.28. The molecule has 1 aliphatic heterocycles. The highest BCUT2D eigenvalue weighted by atomic mass is 35.5. The molecular formula is C27H24ClN5O2. The Kier molecular flexibility index (Phi) is 6.50. The highest BCUT2D eigenvalue weighted by Gasteiger charge is 2.31. The van der Waals surface area contributed by atoms with Gasteiger partial charge >= 0.3 is 0 Å². The lowest BCUT2D eigenvalue weighted by Gasteiger charge is -2.31. The molecule has 0 saturated carbocycles. The van der Waals surface area contributed by atoms with Gasteiger partial charge in [0.25, 0.3) is 11.9 Å². The van der Waals surface area contributed by atoms with Crippen LogP contribution in [0.2, 0.25) is 5.02 Å². The van der Waals surface area contributed by atoms with Gasteiger partial charge in [0.2, 0.25) is 5.95 Å². The zero-order valence-electron chi connectivity index (χ0n) is 19.1. The SMILES string of the molecule is COc1ccc(/C=C/C(=O)Nc2nc3n(n2)[C@@H](c2ccc(Cl)cc2)C[C@@H](c2ccccc2)N3)cc1. The molecule has 0 saturated heterocycles. The van der Waals surface area contributed by atoms with Crippen LogP contribution < -0.4 is 15.4 Å². The van der Waals surface area contributed by atoms with Crippen LogP contribution in [0.1, 0.15) is 35.2 Å². The largest absolute Gasteiger partial charge is 0.497 e. The van der Waals surface area contributed by atoms with Crippen molar-refractivity contribution in [3.8, 4) is 5.75 Å². The second-order valence-electron chi connectivity index (χ2n) is 8.21. The molecule has 4 aromatic rings. The summed E-state index contributed by atoms with van der Waals surface area (Å²) in [6, 6.07) is 25.4. The van der Waals surface area contributed by atoms with Gasteiger partial charge < -0.3 is 10.1 Å². The normalized spacial score (nSPS) is 17.0. The smallest absolute Gasteiger partial charge is 0.250 e. The molecule has 1 aliphatic rings. The maximum Gasteiger partial charge on any atom is 0.250 e. The summed E-state index contributed by atoms with van der Waals surface area (Å²) in [4.78, 5) is 17.1. The third kappa shape index (κ3) is 5.20. The molecule has 8 heteroatoms. The fraction of sp³-hybridized carbons (Fsp3) is 0.148. The molecule has 0 fully saturated rings. The maximum atomic E-state index is 12.5. The molecule has 3 aromatic carbocycles. The van der Waals surface area contributed by atoms with Crippen LogP contribution in [0.25, 0.3) is 6.08 Å². The van der Waals surface area contributed by atoms with Gasteiger partial charge in [0.1, 0.15) is 5.75 Å². The van der Waals surface area contributed by atoms with Crippen LogP contribution in [0, 0.1) is 0 Å². The van der Waals surface area contributed by atoms with Gasteiger partial charge in [-0.1, -0.05) is 66.2 Å². The number of nitrogens with one attached hydrogen (secondary N) is 2. The number of methoxy groups -OCH3 is 1. The Morgan fingerprint density at radius 2 is 1.80 bits per heavy atom. The Bertz CT molecular complexity index is 1330. The minimum atomic E-state index is -0.314. The number of fused-ring (bicyclic) bond motifs is 1. The summed E-state index contributed by atoms with van der Waals surface area (Å²) in [6.45, 7) is 0. The van der Waals surface area contributed by atoms with E-state index in [1.54, 1.807) is 13.2 Å². The standard InChI is InChI=1S/C27H24ClN5O2/c1-35-22-14-7-18(8-15-22)9-16-25(34)30-26-31-27-29-23(19-5-3-2-4-6-19)17-24(33(27)32-26)20-10-12-21(28)13-11-20/h2-16,23-24H,17H2,1H3,(H2,29,30,31,32,34)/b16-9+/t23-,24+/m0/s1. The number of carbonyl (C=O) groups is 1. The highest BCUT2D eigenvalue weighted by Crippen LogP contribution is 2.38. The van der Waals surface area contributed by atoms with E-state index in [9.17, 15) is 4.79 Å². The summed E-state index contributed by atoms with van der Waals surface area (Å²) in [6.07, 6.45) is 3.95. The van der Waals surface area contributed by atoms with Crippen molar-refractivity contribution in [1.82, 2.24) is 14.8 Å². The monoisotopic (exact) mass is 485 g/mol.